The van der Waals surface area contributed by atoms with Crippen molar-refractivity contribution in [3.63, 3.8) is 0 Å². The number of amides is 2. The lowest BCUT2D eigenvalue weighted by Crippen LogP contribution is -2.21. The number of hydrogen-bond donors (Lipinski definition) is 2. The number of rotatable bonds is 7. The lowest BCUT2D eigenvalue weighted by molar-refractivity contribution is -0.113. The number of halogens is 1. The third-order valence-corrected chi connectivity index (χ3v) is 6.36. The first kappa shape index (κ1) is 22.1. The largest absolute Gasteiger partial charge is 0.345 e. The topological polar surface area (TPSA) is 87.2 Å². The van der Waals surface area contributed by atoms with Crippen molar-refractivity contribution in [1.29, 1.82) is 0 Å². The summed E-state index contributed by atoms with van der Waals surface area (Å²) in [5.41, 5.74) is 3.02. The Bertz CT molecular complexity index is 1050. The summed E-state index contributed by atoms with van der Waals surface area (Å²) in [5, 5.41) is 15.4. The SMILES string of the molecule is Cc1ccc(Nc2nnc(SCC(=O)Nc3ccc(C(=O)N(C)C)cc3)s2)cc1Cl. The Balaban J connectivity index is 1.50. The molecule has 3 rings (SSSR count). The Kier molecular flexibility index (Phi) is 7.30. The third-order valence-electron chi connectivity index (χ3n) is 3.98. The van der Waals surface area contributed by atoms with Crippen molar-refractivity contribution < 1.29 is 9.59 Å². The van der Waals surface area contributed by atoms with Gasteiger partial charge in [-0.25, -0.2) is 0 Å². The Morgan fingerprint density at radius 1 is 1.10 bits per heavy atom. The highest BCUT2D eigenvalue weighted by molar-refractivity contribution is 8.01. The monoisotopic (exact) mass is 461 g/mol. The molecule has 2 amide bonds. The molecule has 0 aliphatic carbocycles. The highest BCUT2D eigenvalue weighted by atomic mass is 35.5. The standard InChI is InChI=1S/C20H20ClN5O2S2/c1-12-4-7-15(10-16(12)21)23-19-24-25-20(30-19)29-11-17(27)22-14-8-5-13(6-9-14)18(28)26(2)3/h4-10H,11H2,1-3H3,(H,22,27)(H,23,24). The van der Waals surface area contributed by atoms with Gasteiger partial charge >= 0.3 is 0 Å². The fourth-order valence-electron chi connectivity index (χ4n) is 2.39. The van der Waals surface area contributed by atoms with Crippen molar-refractivity contribution in [3.8, 4) is 0 Å². The van der Waals surface area contributed by atoms with Crippen LogP contribution in [0.25, 0.3) is 0 Å². The number of aryl methyl sites for hydroxylation is 1. The molecular weight excluding hydrogens is 442 g/mol. The summed E-state index contributed by atoms with van der Waals surface area (Å²) in [5.74, 6) is -0.0534. The average Bonchev–Trinajstić information content (AvgIpc) is 3.16. The maximum Gasteiger partial charge on any atom is 0.253 e. The van der Waals surface area contributed by atoms with Crippen molar-refractivity contribution in [2.75, 3.05) is 30.5 Å². The van der Waals surface area contributed by atoms with Crippen molar-refractivity contribution in [2.45, 2.75) is 11.3 Å². The minimum Gasteiger partial charge on any atom is -0.345 e. The molecule has 0 saturated carbocycles. The molecule has 2 aromatic carbocycles. The molecule has 1 aromatic heterocycles. The fraction of sp³-hybridized carbons (Fsp3) is 0.200. The van der Waals surface area contributed by atoms with Gasteiger partial charge in [-0.3, -0.25) is 9.59 Å². The second-order valence-corrected chi connectivity index (χ2v) is 9.18. The second-order valence-electron chi connectivity index (χ2n) is 6.58. The molecule has 0 radical (unpaired) electrons. The number of carbonyl (C=O) groups is 2. The maximum absolute atomic E-state index is 12.2. The van der Waals surface area contributed by atoms with Crippen LogP contribution in [0.15, 0.2) is 46.8 Å². The quantitative estimate of drug-likeness (QED) is 0.497. The maximum atomic E-state index is 12.2. The molecule has 156 valence electrons. The van der Waals surface area contributed by atoms with E-state index in [1.165, 1.54) is 28.0 Å². The first-order valence-corrected chi connectivity index (χ1v) is 11.1. The van der Waals surface area contributed by atoms with Gasteiger partial charge in [-0.05, 0) is 48.9 Å². The average molecular weight is 462 g/mol. The number of carbonyl (C=O) groups excluding carboxylic acids is 2. The van der Waals surface area contributed by atoms with E-state index in [9.17, 15) is 9.59 Å². The molecule has 0 spiro atoms. The van der Waals surface area contributed by atoms with E-state index in [2.05, 4.69) is 20.8 Å². The van der Waals surface area contributed by atoms with Crippen LogP contribution in [0, 0.1) is 6.92 Å². The van der Waals surface area contributed by atoms with Crippen LogP contribution in [-0.2, 0) is 4.79 Å². The van der Waals surface area contributed by atoms with Crippen molar-refractivity contribution in [1.82, 2.24) is 15.1 Å². The highest BCUT2D eigenvalue weighted by Crippen LogP contribution is 2.29. The fourth-order valence-corrected chi connectivity index (χ4v) is 4.14. The molecular formula is C20H20ClN5O2S2. The molecule has 0 bridgehead atoms. The van der Waals surface area contributed by atoms with Crippen LogP contribution in [0.3, 0.4) is 0 Å². The van der Waals surface area contributed by atoms with Gasteiger partial charge in [0.1, 0.15) is 0 Å². The predicted octanol–water partition coefficient (Wildman–Crippen LogP) is 4.68. The second kappa shape index (κ2) is 9.92. The van der Waals surface area contributed by atoms with Gasteiger partial charge in [0, 0.05) is 36.1 Å². The van der Waals surface area contributed by atoms with Gasteiger partial charge in [0.25, 0.3) is 5.91 Å². The first-order chi connectivity index (χ1) is 14.3. The summed E-state index contributed by atoms with van der Waals surface area (Å²) >= 11 is 8.80. The Morgan fingerprint density at radius 2 is 1.80 bits per heavy atom. The minimum atomic E-state index is -0.165. The molecule has 0 fully saturated rings. The van der Waals surface area contributed by atoms with Gasteiger partial charge in [-0.2, -0.15) is 0 Å². The minimum absolute atomic E-state index is 0.0861. The van der Waals surface area contributed by atoms with Gasteiger partial charge in [0.05, 0.1) is 5.75 Å². The zero-order valence-electron chi connectivity index (χ0n) is 16.6. The number of nitrogens with zero attached hydrogens (tertiary/aromatic N) is 3. The van der Waals surface area contributed by atoms with Gasteiger partial charge in [0.15, 0.2) is 4.34 Å². The van der Waals surface area contributed by atoms with Crippen LogP contribution >= 0.6 is 34.7 Å². The zero-order chi connectivity index (χ0) is 21.7. The van der Waals surface area contributed by atoms with E-state index in [4.69, 9.17) is 11.6 Å². The summed E-state index contributed by atoms with van der Waals surface area (Å²) in [6.45, 7) is 1.94. The lowest BCUT2D eigenvalue weighted by atomic mass is 10.2. The van der Waals surface area contributed by atoms with Crippen LogP contribution in [0.1, 0.15) is 15.9 Å². The van der Waals surface area contributed by atoms with Gasteiger partial charge in [0.2, 0.25) is 11.0 Å². The van der Waals surface area contributed by atoms with Gasteiger partial charge in [-0.15, -0.1) is 10.2 Å². The number of benzene rings is 2. The van der Waals surface area contributed by atoms with Crippen LogP contribution in [0.2, 0.25) is 5.02 Å². The van der Waals surface area contributed by atoms with Gasteiger partial charge < -0.3 is 15.5 Å². The number of aromatic nitrogens is 2. The molecule has 2 N–H and O–H groups in total. The number of anilines is 3. The number of nitrogens with one attached hydrogen (secondary N) is 2. The predicted molar refractivity (Wildman–Crippen MR) is 123 cm³/mol. The van der Waals surface area contributed by atoms with E-state index >= 15 is 0 Å². The van der Waals surface area contributed by atoms with E-state index in [0.29, 0.717) is 25.7 Å². The molecule has 0 saturated heterocycles. The van der Waals surface area contributed by atoms with Crippen molar-refractivity contribution >= 4 is 63.0 Å². The molecule has 0 aliphatic heterocycles. The molecule has 30 heavy (non-hydrogen) atoms. The van der Waals surface area contributed by atoms with Crippen LogP contribution in [-0.4, -0.2) is 46.8 Å². The Labute approximate surface area is 187 Å². The number of thioether (sulfide) groups is 1. The summed E-state index contributed by atoms with van der Waals surface area (Å²) in [6, 6.07) is 12.5. The van der Waals surface area contributed by atoms with E-state index in [1.807, 2.05) is 25.1 Å². The summed E-state index contributed by atoms with van der Waals surface area (Å²) < 4.78 is 0.679. The normalized spacial score (nSPS) is 10.5. The summed E-state index contributed by atoms with van der Waals surface area (Å²) in [6.07, 6.45) is 0. The summed E-state index contributed by atoms with van der Waals surface area (Å²) in [7, 11) is 3.39. The third kappa shape index (κ3) is 5.94. The van der Waals surface area contributed by atoms with E-state index < -0.39 is 0 Å². The van der Waals surface area contributed by atoms with Crippen molar-refractivity contribution in [2.24, 2.45) is 0 Å². The lowest BCUT2D eigenvalue weighted by Gasteiger charge is -2.10. The van der Waals surface area contributed by atoms with Crippen LogP contribution < -0.4 is 10.6 Å². The molecule has 0 atom stereocenters. The molecule has 10 heteroatoms. The van der Waals surface area contributed by atoms with E-state index in [-0.39, 0.29) is 17.6 Å². The van der Waals surface area contributed by atoms with Gasteiger partial charge in [-0.1, -0.05) is 40.8 Å². The molecule has 3 aromatic rings. The number of hydrogen-bond acceptors (Lipinski definition) is 7. The Hall–Kier alpha value is -2.62. The molecule has 0 unspecified atom stereocenters. The van der Waals surface area contributed by atoms with Crippen LogP contribution in [0.5, 0.6) is 0 Å². The molecule has 7 nitrogen and oxygen atoms in total. The van der Waals surface area contributed by atoms with E-state index in [1.54, 1.807) is 38.4 Å². The summed E-state index contributed by atoms with van der Waals surface area (Å²) in [4.78, 5) is 25.6. The van der Waals surface area contributed by atoms with Crippen LogP contribution in [0.4, 0.5) is 16.5 Å². The zero-order valence-corrected chi connectivity index (χ0v) is 19.0. The first-order valence-electron chi connectivity index (χ1n) is 8.93. The van der Waals surface area contributed by atoms with Crippen molar-refractivity contribution in [3.05, 3.63) is 58.6 Å². The van der Waals surface area contributed by atoms with E-state index in [0.717, 1.165) is 11.3 Å². The smallest absolute Gasteiger partial charge is 0.253 e. The molecule has 1 heterocycles. The highest BCUT2D eigenvalue weighted by Gasteiger charge is 2.11. The Morgan fingerprint density at radius 3 is 2.47 bits per heavy atom. The molecule has 0 aliphatic rings.